The highest BCUT2D eigenvalue weighted by molar-refractivity contribution is 5.62. The van der Waals surface area contributed by atoms with Gasteiger partial charge in [0.2, 0.25) is 0 Å². The minimum Gasteiger partial charge on any atom is -0.378 e. The summed E-state index contributed by atoms with van der Waals surface area (Å²) in [5, 5.41) is 14.5. The van der Waals surface area contributed by atoms with Crippen LogP contribution in [-0.4, -0.2) is 45.1 Å². The highest BCUT2D eigenvalue weighted by Gasteiger charge is 2.26. The molecule has 1 saturated heterocycles. The van der Waals surface area contributed by atoms with Crippen molar-refractivity contribution in [3.05, 3.63) is 60.0 Å². The minimum absolute atomic E-state index is 0.199. The number of benzene rings is 1. The van der Waals surface area contributed by atoms with E-state index >= 15 is 0 Å². The van der Waals surface area contributed by atoms with E-state index in [0.29, 0.717) is 6.61 Å². The smallest absolute Gasteiger partial charge is 0.0755 e. The van der Waals surface area contributed by atoms with E-state index in [2.05, 4.69) is 37.4 Å². The molecular formula is C17H19N5O. The van der Waals surface area contributed by atoms with Gasteiger partial charge in [0.1, 0.15) is 0 Å². The Morgan fingerprint density at radius 3 is 2.87 bits per heavy atom. The van der Waals surface area contributed by atoms with Gasteiger partial charge in [0.15, 0.2) is 0 Å². The SMILES string of the molecule is c1ccc(-c2[nH]ncc2CN2CCOC[C@@H]2c2ccn[nH]2)cc1. The van der Waals surface area contributed by atoms with Crippen molar-refractivity contribution in [1.82, 2.24) is 25.3 Å². The van der Waals surface area contributed by atoms with Gasteiger partial charge in [0.25, 0.3) is 0 Å². The van der Waals surface area contributed by atoms with Crippen LogP contribution >= 0.6 is 0 Å². The van der Waals surface area contributed by atoms with E-state index in [1.54, 1.807) is 6.20 Å². The van der Waals surface area contributed by atoms with Crippen LogP contribution < -0.4 is 0 Å². The molecule has 1 fully saturated rings. The summed E-state index contributed by atoms with van der Waals surface area (Å²) in [7, 11) is 0. The molecule has 0 amide bonds. The van der Waals surface area contributed by atoms with Gasteiger partial charge in [-0.05, 0) is 11.6 Å². The van der Waals surface area contributed by atoms with E-state index in [0.717, 1.165) is 36.6 Å². The van der Waals surface area contributed by atoms with E-state index in [1.807, 2.05) is 30.5 Å². The Balaban J connectivity index is 1.59. The number of aromatic nitrogens is 4. The molecule has 0 unspecified atom stereocenters. The van der Waals surface area contributed by atoms with Gasteiger partial charge in [-0.15, -0.1) is 0 Å². The van der Waals surface area contributed by atoms with Gasteiger partial charge in [0, 0.05) is 24.8 Å². The number of nitrogens with one attached hydrogen (secondary N) is 2. The van der Waals surface area contributed by atoms with Crippen molar-refractivity contribution >= 4 is 0 Å². The third-order valence-corrected chi connectivity index (χ3v) is 4.27. The average molecular weight is 309 g/mol. The van der Waals surface area contributed by atoms with Crippen LogP contribution in [0.1, 0.15) is 17.3 Å². The highest BCUT2D eigenvalue weighted by atomic mass is 16.5. The zero-order valence-corrected chi connectivity index (χ0v) is 12.8. The Morgan fingerprint density at radius 2 is 2.04 bits per heavy atom. The fourth-order valence-corrected chi connectivity index (χ4v) is 3.07. The van der Waals surface area contributed by atoms with Gasteiger partial charge in [-0.25, -0.2) is 0 Å². The lowest BCUT2D eigenvalue weighted by molar-refractivity contribution is -0.0142. The fourth-order valence-electron chi connectivity index (χ4n) is 3.07. The molecule has 1 aromatic carbocycles. The molecule has 0 spiro atoms. The van der Waals surface area contributed by atoms with Crippen molar-refractivity contribution < 1.29 is 4.74 Å². The normalized spacial score (nSPS) is 19.0. The largest absolute Gasteiger partial charge is 0.378 e. The topological polar surface area (TPSA) is 69.8 Å². The average Bonchev–Trinajstić information content (AvgIpc) is 3.28. The van der Waals surface area contributed by atoms with Crippen molar-refractivity contribution in [3.8, 4) is 11.3 Å². The van der Waals surface area contributed by atoms with Gasteiger partial charge in [-0.1, -0.05) is 30.3 Å². The fraction of sp³-hybridized carbons (Fsp3) is 0.294. The van der Waals surface area contributed by atoms with Crippen LogP contribution in [0, 0.1) is 0 Å². The first-order valence-electron chi connectivity index (χ1n) is 7.80. The molecule has 0 aliphatic carbocycles. The van der Waals surface area contributed by atoms with Crippen molar-refractivity contribution in [2.75, 3.05) is 19.8 Å². The van der Waals surface area contributed by atoms with Gasteiger partial charge >= 0.3 is 0 Å². The Morgan fingerprint density at radius 1 is 1.13 bits per heavy atom. The van der Waals surface area contributed by atoms with Gasteiger partial charge in [-0.2, -0.15) is 10.2 Å². The number of hydrogen-bond donors (Lipinski definition) is 2. The maximum atomic E-state index is 5.66. The molecule has 6 heteroatoms. The quantitative estimate of drug-likeness (QED) is 0.776. The van der Waals surface area contributed by atoms with E-state index in [1.165, 1.54) is 5.56 Å². The van der Waals surface area contributed by atoms with Crippen molar-refractivity contribution in [1.29, 1.82) is 0 Å². The highest BCUT2D eigenvalue weighted by Crippen LogP contribution is 2.27. The summed E-state index contributed by atoms with van der Waals surface area (Å²) in [6.07, 6.45) is 3.71. The second kappa shape index (κ2) is 6.36. The first-order valence-corrected chi connectivity index (χ1v) is 7.80. The molecule has 23 heavy (non-hydrogen) atoms. The van der Waals surface area contributed by atoms with Crippen LogP contribution in [0.15, 0.2) is 48.8 Å². The lowest BCUT2D eigenvalue weighted by atomic mass is 10.1. The van der Waals surface area contributed by atoms with Gasteiger partial charge in [0.05, 0.1) is 36.8 Å². The van der Waals surface area contributed by atoms with E-state index in [4.69, 9.17) is 4.74 Å². The summed E-state index contributed by atoms with van der Waals surface area (Å²) < 4.78 is 5.66. The third kappa shape index (κ3) is 2.91. The molecule has 4 rings (SSSR count). The number of rotatable bonds is 4. The number of ether oxygens (including phenoxy) is 1. The summed E-state index contributed by atoms with van der Waals surface area (Å²) in [4.78, 5) is 2.41. The maximum absolute atomic E-state index is 5.66. The molecule has 118 valence electrons. The maximum Gasteiger partial charge on any atom is 0.0755 e. The second-order valence-corrected chi connectivity index (χ2v) is 5.71. The number of nitrogens with zero attached hydrogens (tertiary/aromatic N) is 3. The first kappa shape index (κ1) is 14.2. The van der Waals surface area contributed by atoms with Gasteiger partial charge < -0.3 is 4.74 Å². The van der Waals surface area contributed by atoms with E-state index < -0.39 is 0 Å². The van der Waals surface area contributed by atoms with Gasteiger partial charge in [-0.3, -0.25) is 15.1 Å². The van der Waals surface area contributed by atoms with Crippen LogP contribution in [0.4, 0.5) is 0 Å². The van der Waals surface area contributed by atoms with E-state index in [9.17, 15) is 0 Å². The van der Waals surface area contributed by atoms with Crippen molar-refractivity contribution in [2.45, 2.75) is 12.6 Å². The molecule has 0 radical (unpaired) electrons. The molecule has 2 N–H and O–H groups in total. The second-order valence-electron chi connectivity index (χ2n) is 5.71. The zero-order chi connectivity index (χ0) is 15.5. The first-order chi connectivity index (χ1) is 11.4. The number of aromatic amines is 2. The van der Waals surface area contributed by atoms with Crippen LogP contribution in [0.25, 0.3) is 11.3 Å². The Kier molecular flexibility index (Phi) is 3.92. The Bertz CT molecular complexity index is 737. The molecule has 2 aromatic heterocycles. The predicted molar refractivity (Wildman–Crippen MR) is 86.6 cm³/mol. The summed E-state index contributed by atoms with van der Waals surface area (Å²) in [5.74, 6) is 0. The van der Waals surface area contributed by atoms with Crippen LogP contribution in [0.5, 0.6) is 0 Å². The van der Waals surface area contributed by atoms with Crippen LogP contribution in [0.2, 0.25) is 0 Å². The molecule has 3 aromatic rings. The Labute approximate surface area is 134 Å². The predicted octanol–water partition coefficient (Wildman–Crippen LogP) is 2.37. The molecule has 0 saturated carbocycles. The summed E-state index contributed by atoms with van der Waals surface area (Å²) in [6.45, 7) is 3.15. The van der Waals surface area contributed by atoms with Crippen molar-refractivity contribution in [2.24, 2.45) is 0 Å². The zero-order valence-electron chi connectivity index (χ0n) is 12.8. The molecule has 6 nitrogen and oxygen atoms in total. The number of morpholine rings is 1. The lowest BCUT2D eigenvalue weighted by Gasteiger charge is -2.34. The van der Waals surface area contributed by atoms with Crippen LogP contribution in [-0.2, 0) is 11.3 Å². The summed E-state index contributed by atoms with van der Waals surface area (Å²) >= 11 is 0. The monoisotopic (exact) mass is 309 g/mol. The number of hydrogen-bond acceptors (Lipinski definition) is 4. The Hall–Kier alpha value is -2.44. The molecule has 0 bridgehead atoms. The van der Waals surface area contributed by atoms with Crippen molar-refractivity contribution in [3.63, 3.8) is 0 Å². The summed E-state index contributed by atoms with van der Waals surface area (Å²) in [6, 6.07) is 12.5. The lowest BCUT2D eigenvalue weighted by Crippen LogP contribution is -2.39. The third-order valence-electron chi connectivity index (χ3n) is 4.27. The summed E-state index contributed by atoms with van der Waals surface area (Å²) in [5.41, 5.74) is 4.53. The molecule has 3 heterocycles. The number of H-pyrrole nitrogens is 2. The van der Waals surface area contributed by atoms with E-state index in [-0.39, 0.29) is 6.04 Å². The van der Waals surface area contributed by atoms with Crippen LogP contribution in [0.3, 0.4) is 0 Å². The molecule has 1 aliphatic heterocycles. The molecular weight excluding hydrogens is 290 g/mol. The standard InChI is InChI=1S/C17H19N5O/c1-2-4-13(5-3-1)17-14(10-19-21-17)11-22-8-9-23-12-16(22)15-6-7-18-20-15/h1-7,10,16H,8-9,11-12H2,(H,18,20)(H,19,21)/t16-/m1/s1. The molecule has 1 atom stereocenters. The molecule has 1 aliphatic rings. The minimum atomic E-state index is 0.199.